The third-order valence-corrected chi connectivity index (χ3v) is 6.01. The van der Waals surface area contributed by atoms with Crippen molar-refractivity contribution in [2.24, 2.45) is 5.92 Å². The Morgan fingerprint density at radius 3 is 2.73 bits per heavy atom. The van der Waals surface area contributed by atoms with Gasteiger partial charge in [-0.25, -0.2) is 4.98 Å². The van der Waals surface area contributed by atoms with Gasteiger partial charge in [-0.1, -0.05) is 49.6 Å². The standard InChI is InChI=1S/C23H26N4O2S/c1-16-5-4-8-20(13-16)29-19-11-9-18(10-12-19)24-22(28)15-30-23-25-21(26-27-23)14-17-6-2-3-7-17/h4-5,8-13,17H,2-3,6-7,14-15H2,1H3,(H,24,28)(H,25,26,27). The van der Waals surface area contributed by atoms with E-state index in [2.05, 4.69) is 20.5 Å². The van der Waals surface area contributed by atoms with Crippen molar-refractivity contribution in [3.05, 3.63) is 59.9 Å². The predicted octanol–water partition coefficient (Wildman–Crippen LogP) is 5.37. The molecule has 1 heterocycles. The van der Waals surface area contributed by atoms with Crippen LogP contribution in [0.5, 0.6) is 11.5 Å². The smallest absolute Gasteiger partial charge is 0.234 e. The first-order valence-corrected chi connectivity index (χ1v) is 11.3. The average molecular weight is 423 g/mol. The summed E-state index contributed by atoms with van der Waals surface area (Å²) in [5.74, 6) is 3.34. The molecule has 2 N–H and O–H groups in total. The van der Waals surface area contributed by atoms with Gasteiger partial charge in [-0.3, -0.25) is 9.89 Å². The fourth-order valence-electron chi connectivity index (χ4n) is 3.67. The maximum atomic E-state index is 12.3. The van der Waals surface area contributed by atoms with Crippen molar-refractivity contribution in [2.75, 3.05) is 11.1 Å². The van der Waals surface area contributed by atoms with E-state index in [0.717, 1.165) is 40.9 Å². The lowest BCUT2D eigenvalue weighted by molar-refractivity contribution is -0.113. The van der Waals surface area contributed by atoms with Gasteiger partial charge >= 0.3 is 0 Å². The second-order valence-corrected chi connectivity index (χ2v) is 8.64. The van der Waals surface area contributed by atoms with Crippen LogP contribution >= 0.6 is 11.8 Å². The number of anilines is 1. The molecule has 3 aromatic rings. The summed E-state index contributed by atoms with van der Waals surface area (Å²) in [5.41, 5.74) is 1.88. The topological polar surface area (TPSA) is 79.9 Å². The van der Waals surface area contributed by atoms with Gasteiger partial charge in [0, 0.05) is 12.1 Å². The van der Waals surface area contributed by atoms with E-state index in [9.17, 15) is 4.79 Å². The van der Waals surface area contributed by atoms with Crippen LogP contribution in [-0.2, 0) is 11.2 Å². The molecule has 30 heavy (non-hydrogen) atoms. The van der Waals surface area contributed by atoms with Gasteiger partial charge in [-0.15, -0.1) is 5.10 Å². The number of aryl methyl sites for hydroxylation is 1. The molecule has 0 saturated heterocycles. The number of H-pyrrole nitrogens is 1. The highest BCUT2D eigenvalue weighted by Crippen LogP contribution is 2.27. The van der Waals surface area contributed by atoms with Crippen molar-refractivity contribution in [1.29, 1.82) is 0 Å². The Balaban J connectivity index is 1.23. The molecule has 6 nitrogen and oxygen atoms in total. The van der Waals surface area contributed by atoms with E-state index >= 15 is 0 Å². The largest absolute Gasteiger partial charge is 0.457 e. The predicted molar refractivity (Wildman–Crippen MR) is 119 cm³/mol. The van der Waals surface area contributed by atoms with Crippen molar-refractivity contribution in [2.45, 2.75) is 44.2 Å². The van der Waals surface area contributed by atoms with Crippen molar-refractivity contribution >= 4 is 23.4 Å². The molecule has 0 aliphatic heterocycles. The van der Waals surface area contributed by atoms with Gasteiger partial charge in [0.15, 0.2) is 0 Å². The van der Waals surface area contributed by atoms with E-state index in [1.54, 1.807) is 0 Å². The average Bonchev–Trinajstić information content (AvgIpc) is 3.40. The summed E-state index contributed by atoms with van der Waals surface area (Å²) >= 11 is 1.34. The number of carbonyl (C=O) groups excluding carboxylic acids is 1. The Morgan fingerprint density at radius 2 is 1.97 bits per heavy atom. The number of benzene rings is 2. The van der Waals surface area contributed by atoms with Crippen LogP contribution in [0.2, 0.25) is 0 Å². The van der Waals surface area contributed by atoms with Gasteiger partial charge < -0.3 is 10.1 Å². The third kappa shape index (κ3) is 5.86. The molecule has 1 saturated carbocycles. The quantitative estimate of drug-likeness (QED) is 0.477. The maximum Gasteiger partial charge on any atom is 0.234 e. The van der Waals surface area contributed by atoms with Crippen molar-refractivity contribution in [3.8, 4) is 11.5 Å². The van der Waals surface area contributed by atoms with Gasteiger partial charge in [-0.2, -0.15) is 0 Å². The molecular formula is C23H26N4O2S. The second kappa shape index (κ2) is 9.80. The van der Waals surface area contributed by atoms with Gasteiger partial charge in [0.2, 0.25) is 11.1 Å². The monoisotopic (exact) mass is 422 g/mol. The number of hydrogen-bond donors (Lipinski definition) is 2. The zero-order valence-electron chi connectivity index (χ0n) is 17.1. The van der Waals surface area contributed by atoms with E-state index in [1.165, 1.54) is 37.4 Å². The van der Waals surface area contributed by atoms with Crippen LogP contribution in [0.25, 0.3) is 0 Å². The molecule has 156 valence electrons. The molecule has 1 aliphatic carbocycles. The van der Waals surface area contributed by atoms with Crippen LogP contribution in [0.15, 0.2) is 53.7 Å². The first-order chi connectivity index (χ1) is 14.6. The Bertz CT molecular complexity index is 981. The van der Waals surface area contributed by atoms with Crippen molar-refractivity contribution < 1.29 is 9.53 Å². The highest BCUT2D eigenvalue weighted by Gasteiger charge is 2.17. The molecular weight excluding hydrogens is 396 g/mol. The molecule has 0 unspecified atom stereocenters. The van der Waals surface area contributed by atoms with Crippen LogP contribution in [0.1, 0.15) is 37.1 Å². The zero-order valence-corrected chi connectivity index (χ0v) is 17.9. The molecule has 1 aromatic heterocycles. The SMILES string of the molecule is Cc1cccc(Oc2ccc(NC(=O)CSc3n[nH]c(CC4CCCC4)n3)cc2)c1. The highest BCUT2D eigenvalue weighted by atomic mass is 32.2. The fourth-order valence-corrected chi connectivity index (χ4v) is 4.29. The van der Waals surface area contributed by atoms with Gasteiger partial charge in [0.1, 0.15) is 17.3 Å². The number of ether oxygens (including phenoxy) is 1. The molecule has 2 aromatic carbocycles. The summed E-state index contributed by atoms with van der Waals surface area (Å²) in [6.45, 7) is 2.03. The molecule has 0 bridgehead atoms. The number of nitrogens with one attached hydrogen (secondary N) is 2. The minimum atomic E-state index is -0.0884. The Hall–Kier alpha value is -2.80. The van der Waals surface area contributed by atoms with Crippen LogP contribution in [0, 0.1) is 12.8 Å². The van der Waals surface area contributed by atoms with E-state index in [4.69, 9.17) is 4.74 Å². The number of aromatic nitrogens is 3. The lowest BCUT2D eigenvalue weighted by atomic mass is 10.0. The summed E-state index contributed by atoms with van der Waals surface area (Å²) in [4.78, 5) is 16.8. The summed E-state index contributed by atoms with van der Waals surface area (Å²) < 4.78 is 5.84. The molecule has 0 spiro atoms. The lowest BCUT2D eigenvalue weighted by Crippen LogP contribution is -2.14. The Kier molecular flexibility index (Phi) is 6.69. The number of nitrogens with zero attached hydrogens (tertiary/aromatic N) is 2. The third-order valence-electron chi connectivity index (χ3n) is 5.16. The van der Waals surface area contributed by atoms with E-state index in [1.807, 2.05) is 55.5 Å². The summed E-state index contributed by atoms with van der Waals surface area (Å²) in [5, 5.41) is 10.8. The van der Waals surface area contributed by atoms with Crippen LogP contribution in [0.4, 0.5) is 5.69 Å². The Labute approximate surface area is 180 Å². The fraction of sp³-hybridized carbons (Fsp3) is 0.348. The minimum Gasteiger partial charge on any atom is -0.457 e. The highest BCUT2D eigenvalue weighted by molar-refractivity contribution is 7.99. The van der Waals surface area contributed by atoms with Crippen LogP contribution < -0.4 is 10.1 Å². The molecule has 1 fully saturated rings. The Morgan fingerprint density at radius 1 is 1.17 bits per heavy atom. The summed E-state index contributed by atoms with van der Waals surface area (Å²) in [7, 11) is 0. The van der Waals surface area contributed by atoms with Gasteiger partial charge in [0.25, 0.3) is 0 Å². The molecule has 4 rings (SSSR count). The van der Waals surface area contributed by atoms with E-state index in [0.29, 0.717) is 5.16 Å². The van der Waals surface area contributed by atoms with Gasteiger partial charge in [0.05, 0.1) is 5.75 Å². The van der Waals surface area contributed by atoms with Crippen LogP contribution in [-0.4, -0.2) is 26.8 Å². The second-order valence-electron chi connectivity index (χ2n) is 7.70. The molecule has 1 amide bonds. The lowest BCUT2D eigenvalue weighted by Gasteiger charge is -2.08. The first kappa shape index (κ1) is 20.5. The number of carbonyl (C=O) groups is 1. The normalized spacial score (nSPS) is 14.0. The number of aromatic amines is 1. The number of rotatable bonds is 8. The minimum absolute atomic E-state index is 0.0884. The number of amides is 1. The molecule has 0 radical (unpaired) electrons. The summed E-state index contributed by atoms with van der Waals surface area (Å²) in [6, 6.07) is 15.2. The first-order valence-electron chi connectivity index (χ1n) is 10.3. The zero-order chi connectivity index (χ0) is 20.8. The molecule has 0 atom stereocenters. The summed E-state index contributed by atoms with van der Waals surface area (Å²) in [6.07, 6.45) is 6.15. The van der Waals surface area contributed by atoms with Crippen molar-refractivity contribution in [1.82, 2.24) is 15.2 Å². The van der Waals surface area contributed by atoms with Crippen molar-refractivity contribution in [3.63, 3.8) is 0 Å². The molecule has 1 aliphatic rings. The van der Waals surface area contributed by atoms with Gasteiger partial charge in [-0.05, 0) is 54.8 Å². The maximum absolute atomic E-state index is 12.3. The molecule has 7 heteroatoms. The van der Waals surface area contributed by atoms with Crippen LogP contribution in [0.3, 0.4) is 0 Å². The number of thioether (sulfide) groups is 1. The number of hydrogen-bond acceptors (Lipinski definition) is 5. The van der Waals surface area contributed by atoms with E-state index < -0.39 is 0 Å². The van der Waals surface area contributed by atoms with E-state index in [-0.39, 0.29) is 11.7 Å².